The van der Waals surface area contributed by atoms with Crippen molar-refractivity contribution in [2.75, 3.05) is 0 Å². The van der Waals surface area contributed by atoms with Gasteiger partial charge in [-0.05, 0) is 23.4 Å². The Morgan fingerprint density at radius 1 is 1.71 bits per heavy atom. The van der Waals surface area contributed by atoms with E-state index in [2.05, 4.69) is 4.72 Å². The summed E-state index contributed by atoms with van der Waals surface area (Å²) in [5.41, 5.74) is 0. The van der Waals surface area contributed by atoms with E-state index in [1.165, 1.54) is 24.2 Å². The highest BCUT2D eigenvalue weighted by atomic mass is 32.2. The minimum absolute atomic E-state index is 0.223. The average Bonchev–Trinajstić information content (AvgIpc) is 1.69. The molecule has 1 nitrogen and oxygen atoms in total. The Balaban J connectivity index is 2.58. The van der Waals surface area contributed by atoms with E-state index in [4.69, 9.17) is 0 Å². The molecular formula is C4H4FNS. The molecule has 0 unspecified atom stereocenters. The van der Waals surface area contributed by atoms with Crippen LogP contribution in [0.1, 0.15) is 0 Å². The van der Waals surface area contributed by atoms with Gasteiger partial charge in [-0.3, -0.25) is 0 Å². The van der Waals surface area contributed by atoms with E-state index in [1.807, 2.05) is 0 Å². The lowest BCUT2D eigenvalue weighted by atomic mass is 10.6. The predicted molar refractivity (Wildman–Crippen MR) is 29.1 cm³/mol. The Labute approximate surface area is 45.4 Å². The molecule has 0 aromatic carbocycles. The molecule has 1 heterocycles. The standard InChI is InChI=1S/C4H4FNS/c5-4-1-2-7-6-3-4/h1-3,6H. The fourth-order valence-electron chi connectivity index (χ4n) is 0.277. The molecule has 0 aliphatic carbocycles. The Hall–Kier alpha value is -0.440. The first-order valence-electron chi connectivity index (χ1n) is 1.83. The van der Waals surface area contributed by atoms with Gasteiger partial charge in [0.25, 0.3) is 0 Å². The molecule has 0 bridgehead atoms. The Kier molecular flexibility index (Phi) is 1.36. The maximum atomic E-state index is 11.9. The number of allylic oxidation sites excluding steroid dienone is 2. The molecule has 0 aromatic heterocycles. The summed E-state index contributed by atoms with van der Waals surface area (Å²) in [6.45, 7) is 0. The molecule has 7 heavy (non-hydrogen) atoms. The lowest BCUT2D eigenvalue weighted by Gasteiger charge is -1.96. The van der Waals surface area contributed by atoms with Gasteiger partial charge in [0.2, 0.25) is 0 Å². The highest BCUT2D eigenvalue weighted by Gasteiger charge is 1.89. The van der Waals surface area contributed by atoms with E-state index in [1.54, 1.807) is 5.41 Å². The topological polar surface area (TPSA) is 12.0 Å². The van der Waals surface area contributed by atoms with Crippen molar-refractivity contribution in [2.45, 2.75) is 0 Å². The summed E-state index contributed by atoms with van der Waals surface area (Å²) in [7, 11) is 0. The summed E-state index contributed by atoms with van der Waals surface area (Å²) < 4.78 is 14.5. The van der Waals surface area contributed by atoms with Crippen molar-refractivity contribution in [1.82, 2.24) is 4.72 Å². The van der Waals surface area contributed by atoms with Gasteiger partial charge in [0.15, 0.2) is 0 Å². The maximum Gasteiger partial charge on any atom is 0.140 e. The van der Waals surface area contributed by atoms with Crippen LogP contribution in [0.5, 0.6) is 0 Å². The third kappa shape index (κ3) is 1.23. The van der Waals surface area contributed by atoms with Gasteiger partial charge in [-0.1, -0.05) is 0 Å². The van der Waals surface area contributed by atoms with E-state index in [9.17, 15) is 4.39 Å². The Morgan fingerprint density at radius 3 is 2.86 bits per heavy atom. The molecule has 1 aliphatic rings. The van der Waals surface area contributed by atoms with Crippen LogP contribution >= 0.6 is 11.9 Å². The molecule has 1 aliphatic heterocycles. The van der Waals surface area contributed by atoms with Crippen molar-refractivity contribution >= 4 is 11.9 Å². The van der Waals surface area contributed by atoms with Crippen molar-refractivity contribution in [1.29, 1.82) is 0 Å². The largest absolute Gasteiger partial charge is 0.330 e. The molecule has 38 valence electrons. The lowest BCUT2D eigenvalue weighted by Crippen LogP contribution is -1.91. The number of halogens is 1. The van der Waals surface area contributed by atoms with Crippen molar-refractivity contribution in [2.24, 2.45) is 0 Å². The van der Waals surface area contributed by atoms with Crippen molar-refractivity contribution < 1.29 is 4.39 Å². The summed E-state index contributed by atoms with van der Waals surface area (Å²) in [5, 5.41) is 1.65. The van der Waals surface area contributed by atoms with Crippen LogP contribution in [-0.4, -0.2) is 0 Å². The van der Waals surface area contributed by atoms with Gasteiger partial charge in [-0.2, -0.15) is 0 Å². The fraction of sp³-hybridized carbons (Fsp3) is 0. The second-order valence-corrected chi connectivity index (χ2v) is 1.81. The lowest BCUT2D eigenvalue weighted by molar-refractivity contribution is 0.661. The van der Waals surface area contributed by atoms with Gasteiger partial charge in [-0.15, -0.1) is 0 Å². The van der Waals surface area contributed by atoms with Crippen molar-refractivity contribution in [3.8, 4) is 0 Å². The molecule has 0 atom stereocenters. The predicted octanol–water partition coefficient (Wildman–Crippen LogP) is 1.56. The van der Waals surface area contributed by atoms with E-state index < -0.39 is 0 Å². The quantitative estimate of drug-likeness (QED) is 0.483. The first-order chi connectivity index (χ1) is 3.39. The van der Waals surface area contributed by atoms with Crippen LogP contribution in [0.15, 0.2) is 23.5 Å². The molecule has 3 heteroatoms. The smallest absolute Gasteiger partial charge is 0.140 e. The van der Waals surface area contributed by atoms with E-state index >= 15 is 0 Å². The summed E-state index contributed by atoms with van der Waals surface area (Å²) in [5.74, 6) is -0.223. The van der Waals surface area contributed by atoms with Crippen LogP contribution in [0.4, 0.5) is 4.39 Å². The molecule has 0 aromatic rings. The number of rotatable bonds is 0. The van der Waals surface area contributed by atoms with Gasteiger partial charge in [-0.25, -0.2) is 4.39 Å². The van der Waals surface area contributed by atoms with Gasteiger partial charge in [0.05, 0.1) is 0 Å². The average molecular weight is 117 g/mol. The number of nitrogens with one attached hydrogen (secondary N) is 1. The molecule has 0 fully saturated rings. The zero-order valence-corrected chi connectivity index (χ0v) is 4.33. The third-order valence-corrected chi connectivity index (χ3v) is 1.09. The molecule has 0 saturated carbocycles. The number of hydrogen-bond donors (Lipinski definition) is 1. The molecule has 1 N–H and O–H groups in total. The minimum Gasteiger partial charge on any atom is -0.330 e. The first kappa shape index (κ1) is 4.71. The van der Waals surface area contributed by atoms with Crippen LogP contribution in [0.25, 0.3) is 0 Å². The zero-order chi connectivity index (χ0) is 5.11. The highest BCUT2D eigenvalue weighted by molar-refractivity contribution is 8.00. The van der Waals surface area contributed by atoms with Crippen molar-refractivity contribution in [3.63, 3.8) is 0 Å². The summed E-state index contributed by atoms with van der Waals surface area (Å²) in [6.07, 6.45) is 2.71. The van der Waals surface area contributed by atoms with Crippen LogP contribution < -0.4 is 4.72 Å². The van der Waals surface area contributed by atoms with Crippen LogP contribution in [-0.2, 0) is 0 Å². The number of hydrogen-bond acceptors (Lipinski definition) is 2. The van der Waals surface area contributed by atoms with Crippen LogP contribution in [0.2, 0.25) is 0 Å². The molecule has 0 amide bonds. The van der Waals surface area contributed by atoms with Crippen LogP contribution in [0.3, 0.4) is 0 Å². The molecule has 0 radical (unpaired) electrons. The fourth-order valence-corrected chi connectivity index (χ4v) is 0.734. The van der Waals surface area contributed by atoms with Gasteiger partial charge in [0, 0.05) is 6.20 Å². The van der Waals surface area contributed by atoms with Crippen molar-refractivity contribution in [3.05, 3.63) is 23.5 Å². The SMILES string of the molecule is FC1=CNSC=C1. The van der Waals surface area contributed by atoms with Crippen LogP contribution in [0, 0.1) is 0 Å². The van der Waals surface area contributed by atoms with Gasteiger partial charge >= 0.3 is 0 Å². The minimum atomic E-state index is -0.223. The van der Waals surface area contributed by atoms with E-state index in [-0.39, 0.29) is 5.83 Å². The normalized spacial score (nSPS) is 18.1. The molecule has 0 saturated heterocycles. The summed E-state index contributed by atoms with van der Waals surface area (Å²) in [6, 6.07) is 0. The van der Waals surface area contributed by atoms with Gasteiger partial charge in [0.1, 0.15) is 5.83 Å². The highest BCUT2D eigenvalue weighted by Crippen LogP contribution is 2.08. The second-order valence-electron chi connectivity index (χ2n) is 1.07. The molecular weight excluding hydrogens is 113 g/mol. The summed E-state index contributed by atoms with van der Waals surface area (Å²) in [4.78, 5) is 0. The summed E-state index contributed by atoms with van der Waals surface area (Å²) >= 11 is 1.35. The third-order valence-electron chi connectivity index (χ3n) is 0.560. The monoisotopic (exact) mass is 117 g/mol. The first-order valence-corrected chi connectivity index (χ1v) is 2.71. The second kappa shape index (κ2) is 2.02. The van der Waals surface area contributed by atoms with E-state index in [0.29, 0.717) is 0 Å². The Morgan fingerprint density at radius 2 is 2.57 bits per heavy atom. The Bertz CT molecular complexity index is 119. The van der Waals surface area contributed by atoms with E-state index in [0.717, 1.165) is 0 Å². The zero-order valence-electron chi connectivity index (χ0n) is 3.52. The molecule has 1 rings (SSSR count). The maximum absolute atomic E-state index is 11.9. The van der Waals surface area contributed by atoms with Gasteiger partial charge < -0.3 is 4.72 Å². The molecule has 0 spiro atoms.